The first-order chi connectivity index (χ1) is 13.7. The van der Waals surface area contributed by atoms with E-state index in [4.69, 9.17) is 0 Å². The second-order valence-corrected chi connectivity index (χ2v) is 10.5. The van der Waals surface area contributed by atoms with E-state index in [0.717, 1.165) is 16.7 Å². The zero-order valence-electron chi connectivity index (χ0n) is 16.2. The second kappa shape index (κ2) is 7.38. The predicted octanol–water partition coefficient (Wildman–Crippen LogP) is 2.08. The first kappa shape index (κ1) is 19.8. The normalized spacial score (nSPS) is 18.2. The zero-order chi connectivity index (χ0) is 20.8. The molecule has 1 aliphatic heterocycles. The van der Waals surface area contributed by atoms with Crippen LogP contribution in [-0.4, -0.2) is 53.4 Å². The van der Waals surface area contributed by atoms with Crippen molar-refractivity contribution in [3.8, 4) is 11.1 Å². The monoisotopic (exact) mass is 431 g/mol. The number of thiophene rings is 1. The Hall–Kier alpha value is -2.52. The van der Waals surface area contributed by atoms with Gasteiger partial charge in [0, 0.05) is 24.0 Å². The van der Waals surface area contributed by atoms with Crippen LogP contribution in [-0.2, 0) is 21.2 Å². The summed E-state index contributed by atoms with van der Waals surface area (Å²) in [6.45, 7) is 1.83. The molecule has 1 fully saturated rings. The molecule has 0 bridgehead atoms. The lowest BCUT2D eigenvalue weighted by Gasteiger charge is -2.23. The lowest BCUT2D eigenvalue weighted by atomic mass is 10.1. The molecule has 0 aliphatic carbocycles. The molecular weight excluding hydrogens is 410 g/mol. The highest BCUT2D eigenvalue weighted by Gasteiger charge is 2.32. The fourth-order valence-corrected chi connectivity index (χ4v) is 6.25. The van der Waals surface area contributed by atoms with Crippen molar-refractivity contribution in [3.05, 3.63) is 51.9 Å². The predicted molar refractivity (Wildman–Crippen MR) is 114 cm³/mol. The minimum Gasteiger partial charge on any atom is -0.340 e. The molecule has 0 saturated carbocycles. The third-order valence-corrected chi connectivity index (χ3v) is 8.02. The van der Waals surface area contributed by atoms with E-state index in [2.05, 4.69) is 4.98 Å². The van der Waals surface area contributed by atoms with E-state index in [0.29, 0.717) is 16.6 Å². The number of aryl methyl sites for hydroxylation is 1. The van der Waals surface area contributed by atoms with Gasteiger partial charge in [-0.2, -0.15) is 0 Å². The average Bonchev–Trinajstić information content (AvgIpc) is 3.27. The Kier molecular flexibility index (Phi) is 5.04. The third kappa shape index (κ3) is 3.84. The second-order valence-electron chi connectivity index (χ2n) is 7.43. The number of aromatic nitrogens is 2. The molecule has 1 amide bonds. The molecule has 3 heterocycles. The van der Waals surface area contributed by atoms with Crippen molar-refractivity contribution in [1.29, 1.82) is 0 Å². The van der Waals surface area contributed by atoms with E-state index < -0.39 is 9.84 Å². The minimum absolute atomic E-state index is 0.0243. The van der Waals surface area contributed by atoms with Gasteiger partial charge in [-0.1, -0.05) is 29.8 Å². The topological polar surface area (TPSA) is 89.3 Å². The number of benzene rings is 1. The number of hydrogen-bond acceptors (Lipinski definition) is 6. The van der Waals surface area contributed by atoms with Crippen LogP contribution in [0.15, 0.2) is 40.8 Å². The first-order valence-corrected chi connectivity index (χ1v) is 11.9. The summed E-state index contributed by atoms with van der Waals surface area (Å²) in [5.41, 5.74) is 2.59. The number of carbonyl (C=O) groups excluding carboxylic acids is 1. The maximum Gasteiger partial charge on any atom is 0.263 e. The Labute approximate surface area is 172 Å². The highest BCUT2D eigenvalue weighted by molar-refractivity contribution is 7.91. The Morgan fingerprint density at radius 2 is 2.03 bits per heavy atom. The van der Waals surface area contributed by atoms with Crippen molar-refractivity contribution in [3.63, 3.8) is 0 Å². The molecular formula is C20H21N3O4S2. The van der Waals surface area contributed by atoms with Gasteiger partial charge in [-0.25, -0.2) is 13.4 Å². The number of rotatable bonds is 4. The molecule has 4 rings (SSSR count). The number of carbonyl (C=O) groups is 1. The van der Waals surface area contributed by atoms with Crippen molar-refractivity contribution < 1.29 is 13.2 Å². The van der Waals surface area contributed by atoms with Crippen LogP contribution in [0.1, 0.15) is 12.0 Å². The first-order valence-electron chi connectivity index (χ1n) is 9.25. The Morgan fingerprint density at radius 3 is 2.69 bits per heavy atom. The highest BCUT2D eigenvalue weighted by atomic mass is 32.2. The SMILES string of the molecule is Cc1ccc(-c2csc3ncn(CC(=O)N(C)[C@H]4CCS(=O)(=O)C4)c(=O)c23)cc1. The van der Waals surface area contributed by atoms with Crippen molar-refractivity contribution in [1.82, 2.24) is 14.5 Å². The van der Waals surface area contributed by atoms with Gasteiger partial charge in [-0.15, -0.1) is 11.3 Å². The molecule has 0 unspecified atom stereocenters. The standard InChI is InChI=1S/C20H21N3O4S2/c1-13-3-5-14(6-4-13)16-10-28-19-18(16)20(25)23(12-21-19)9-17(24)22(2)15-7-8-29(26,27)11-15/h3-6,10,12,15H,7-9,11H2,1-2H3/t15-/m0/s1. The molecule has 0 radical (unpaired) electrons. The van der Waals surface area contributed by atoms with E-state index in [-0.39, 0.29) is 35.6 Å². The van der Waals surface area contributed by atoms with Gasteiger partial charge in [-0.3, -0.25) is 14.2 Å². The van der Waals surface area contributed by atoms with E-state index in [1.54, 1.807) is 7.05 Å². The number of fused-ring (bicyclic) bond motifs is 1. The Balaban J connectivity index is 1.64. The Morgan fingerprint density at radius 1 is 1.31 bits per heavy atom. The van der Waals surface area contributed by atoms with Gasteiger partial charge in [0.25, 0.3) is 5.56 Å². The summed E-state index contributed by atoms with van der Waals surface area (Å²) in [6.07, 6.45) is 1.82. The summed E-state index contributed by atoms with van der Waals surface area (Å²) < 4.78 is 24.7. The molecule has 7 nitrogen and oxygen atoms in total. The zero-order valence-corrected chi connectivity index (χ0v) is 17.8. The van der Waals surface area contributed by atoms with Crippen LogP contribution >= 0.6 is 11.3 Å². The van der Waals surface area contributed by atoms with Crippen LogP contribution in [0.3, 0.4) is 0 Å². The summed E-state index contributed by atoms with van der Waals surface area (Å²) in [7, 11) is -1.50. The maximum absolute atomic E-state index is 13.1. The van der Waals surface area contributed by atoms with Crippen LogP contribution < -0.4 is 5.56 Å². The van der Waals surface area contributed by atoms with Gasteiger partial charge in [0.05, 0.1) is 23.2 Å². The van der Waals surface area contributed by atoms with Crippen molar-refractivity contribution in [2.45, 2.75) is 25.9 Å². The average molecular weight is 432 g/mol. The number of likely N-dealkylation sites (N-methyl/N-ethyl adjacent to an activating group) is 1. The molecule has 3 aromatic rings. The number of sulfone groups is 1. The van der Waals surface area contributed by atoms with E-state index >= 15 is 0 Å². The summed E-state index contributed by atoms with van der Waals surface area (Å²) in [5, 5.41) is 2.41. The van der Waals surface area contributed by atoms with Gasteiger partial charge in [-0.05, 0) is 18.9 Å². The lowest BCUT2D eigenvalue weighted by molar-refractivity contribution is -0.132. The summed E-state index contributed by atoms with van der Waals surface area (Å²) >= 11 is 1.39. The summed E-state index contributed by atoms with van der Waals surface area (Å²) in [6, 6.07) is 7.56. The maximum atomic E-state index is 13.1. The van der Waals surface area contributed by atoms with Crippen LogP contribution in [0, 0.1) is 6.92 Å². The van der Waals surface area contributed by atoms with Gasteiger partial charge >= 0.3 is 0 Å². The third-order valence-electron chi connectivity index (χ3n) is 5.38. The molecule has 1 saturated heterocycles. The largest absolute Gasteiger partial charge is 0.340 e. The van der Waals surface area contributed by atoms with E-state index in [1.807, 2.05) is 36.6 Å². The molecule has 0 spiro atoms. The lowest BCUT2D eigenvalue weighted by Crippen LogP contribution is -2.41. The fraction of sp³-hybridized carbons (Fsp3) is 0.350. The van der Waals surface area contributed by atoms with Crippen LogP contribution in [0.4, 0.5) is 0 Å². The molecule has 2 aromatic heterocycles. The summed E-state index contributed by atoms with van der Waals surface area (Å²) in [4.78, 5) is 32.2. The number of hydrogen-bond donors (Lipinski definition) is 0. The van der Waals surface area contributed by atoms with Crippen LogP contribution in [0.25, 0.3) is 21.3 Å². The smallest absolute Gasteiger partial charge is 0.263 e. The number of amides is 1. The van der Waals surface area contributed by atoms with E-state index in [9.17, 15) is 18.0 Å². The van der Waals surface area contributed by atoms with E-state index in [1.165, 1.54) is 27.1 Å². The molecule has 1 aromatic carbocycles. The molecule has 0 N–H and O–H groups in total. The molecule has 1 aliphatic rings. The highest BCUT2D eigenvalue weighted by Crippen LogP contribution is 2.30. The molecule has 152 valence electrons. The molecule has 1 atom stereocenters. The van der Waals surface area contributed by atoms with Crippen LogP contribution in [0.2, 0.25) is 0 Å². The quantitative estimate of drug-likeness (QED) is 0.631. The Bertz CT molecular complexity index is 1240. The van der Waals surface area contributed by atoms with Crippen molar-refractivity contribution in [2.24, 2.45) is 0 Å². The van der Waals surface area contributed by atoms with Gasteiger partial charge in [0.15, 0.2) is 9.84 Å². The van der Waals surface area contributed by atoms with Crippen molar-refractivity contribution >= 4 is 37.3 Å². The fourth-order valence-electron chi connectivity index (χ4n) is 3.57. The molecule has 9 heteroatoms. The van der Waals surface area contributed by atoms with Crippen molar-refractivity contribution in [2.75, 3.05) is 18.6 Å². The van der Waals surface area contributed by atoms with Crippen LogP contribution in [0.5, 0.6) is 0 Å². The minimum atomic E-state index is -3.09. The summed E-state index contributed by atoms with van der Waals surface area (Å²) in [5.74, 6) is -0.233. The number of nitrogens with zero attached hydrogens (tertiary/aromatic N) is 3. The van der Waals surface area contributed by atoms with Gasteiger partial charge < -0.3 is 4.90 Å². The molecule has 29 heavy (non-hydrogen) atoms. The van der Waals surface area contributed by atoms with Gasteiger partial charge in [0.2, 0.25) is 5.91 Å². The van der Waals surface area contributed by atoms with Gasteiger partial charge in [0.1, 0.15) is 11.4 Å².